The highest BCUT2D eigenvalue weighted by Gasteiger charge is 2.22. The van der Waals surface area contributed by atoms with Crippen molar-refractivity contribution in [3.05, 3.63) is 42.2 Å². The first kappa shape index (κ1) is 16.9. The van der Waals surface area contributed by atoms with Crippen LogP contribution in [-0.4, -0.2) is 15.1 Å². The van der Waals surface area contributed by atoms with Gasteiger partial charge in [0.2, 0.25) is 0 Å². The molecule has 1 aromatic heterocycles. The SMILES string of the molecule is CCCCC[C@H]1CC[C@H](c2ccc(-c3ncc(O)cn3)cc2)CC1. The summed E-state index contributed by atoms with van der Waals surface area (Å²) in [4.78, 5) is 8.35. The minimum atomic E-state index is 0.103. The van der Waals surface area contributed by atoms with Gasteiger partial charge in [0.1, 0.15) is 0 Å². The molecule has 128 valence electrons. The van der Waals surface area contributed by atoms with Gasteiger partial charge in [-0.1, -0.05) is 56.9 Å². The lowest BCUT2D eigenvalue weighted by Gasteiger charge is -2.29. The lowest BCUT2D eigenvalue weighted by atomic mass is 9.77. The lowest BCUT2D eigenvalue weighted by molar-refractivity contribution is 0.303. The summed E-state index contributed by atoms with van der Waals surface area (Å²) in [7, 11) is 0. The monoisotopic (exact) mass is 324 g/mol. The Balaban J connectivity index is 1.56. The highest BCUT2D eigenvalue weighted by molar-refractivity contribution is 5.55. The number of aromatic nitrogens is 2. The van der Waals surface area contributed by atoms with Crippen molar-refractivity contribution in [2.75, 3.05) is 0 Å². The average molecular weight is 324 g/mol. The van der Waals surface area contributed by atoms with E-state index in [1.807, 2.05) is 0 Å². The molecule has 3 nitrogen and oxygen atoms in total. The molecule has 1 fully saturated rings. The van der Waals surface area contributed by atoms with Crippen molar-refractivity contribution in [3.63, 3.8) is 0 Å². The van der Waals surface area contributed by atoms with Crippen LogP contribution in [0, 0.1) is 5.92 Å². The first-order chi connectivity index (χ1) is 11.8. The number of benzene rings is 1. The van der Waals surface area contributed by atoms with Gasteiger partial charge in [0.25, 0.3) is 0 Å². The molecule has 1 saturated carbocycles. The van der Waals surface area contributed by atoms with Crippen LogP contribution in [0.5, 0.6) is 5.75 Å². The van der Waals surface area contributed by atoms with Crippen molar-refractivity contribution in [1.82, 2.24) is 9.97 Å². The number of unbranched alkanes of at least 4 members (excludes halogenated alkanes) is 2. The number of hydrogen-bond donors (Lipinski definition) is 1. The molecule has 0 unspecified atom stereocenters. The molecule has 1 N–H and O–H groups in total. The molecule has 2 aromatic rings. The van der Waals surface area contributed by atoms with Crippen LogP contribution >= 0.6 is 0 Å². The van der Waals surface area contributed by atoms with Crippen LogP contribution in [-0.2, 0) is 0 Å². The van der Waals surface area contributed by atoms with E-state index in [1.54, 1.807) is 0 Å². The van der Waals surface area contributed by atoms with Gasteiger partial charge in [0, 0.05) is 5.56 Å². The smallest absolute Gasteiger partial charge is 0.159 e. The summed E-state index contributed by atoms with van der Waals surface area (Å²) < 4.78 is 0. The zero-order valence-corrected chi connectivity index (χ0v) is 14.6. The van der Waals surface area contributed by atoms with E-state index in [0.717, 1.165) is 11.5 Å². The molecular formula is C21H28N2O. The van der Waals surface area contributed by atoms with Crippen LogP contribution in [0.4, 0.5) is 0 Å². The lowest BCUT2D eigenvalue weighted by Crippen LogP contribution is -2.13. The average Bonchev–Trinajstić information content (AvgIpc) is 2.63. The molecule has 0 bridgehead atoms. The maximum atomic E-state index is 9.28. The number of aromatic hydroxyl groups is 1. The minimum Gasteiger partial charge on any atom is -0.505 e. The Hall–Kier alpha value is -1.90. The molecular weight excluding hydrogens is 296 g/mol. The Kier molecular flexibility index (Phi) is 5.84. The van der Waals surface area contributed by atoms with Gasteiger partial charge in [-0.15, -0.1) is 0 Å². The Morgan fingerprint density at radius 3 is 2.25 bits per heavy atom. The van der Waals surface area contributed by atoms with Gasteiger partial charge < -0.3 is 5.11 Å². The van der Waals surface area contributed by atoms with Gasteiger partial charge >= 0.3 is 0 Å². The predicted octanol–water partition coefficient (Wildman–Crippen LogP) is 5.70. The van der Waals surface area contributed by atoms with E-state index in [-0.39, 0.29) is 5.75 Å². The normalized spacial score (nSPS) is 20.9. The third kappa shape index (κ3) is 4.34. The molecule has 0 saturated heterocycles. The topological polar surface area (TPSA) is 46.0 Å². The van der Waals surface area contributed by atoms with Gasteiger partial charge in [-0.3, -0.25) is 0 Å². The summed E-state index contributed by atoms with van der Waals surface area (Å²) in [5, 5.41) is 9.28. The summed E-state index contributed by atoms with van der Waals surface area (Å²) >= 11 is 0. The molecule has 0 spiro atoms. The Morgan fingerprint density at radius 2 is 1.62 bits per heavy atom. The van der Waals surface area contributed by atoms with Crippen molar-refractivity contribution in [2.45, 2.75) is 64.2 Å². The van der Waals surface area contributed by atoms with E-state index in [0.29, 0.717) is 11.7 Å². The summed E-state index contributed by atoms with van der Waals surface area (Å²) in [6.45, 7) is 2.28. The number of rotatable bonds is 6. The van der Waals surface area contributed by atoms with E-state index in [9.17, 15) is 5.11 Å². The second kappa shape index (κ2) is 8.27. The fourth-order valence-electron chi connectivity index (χ4n) is 3.84. The van der Waals surface area contributed by atoms with Crippen molar-refractivity contribution >= 4 is 0 Å². The van der Waals surface area contributed by atoms with Crippen molar-refractivity contribution < 1.29 is 5.11 Å². The third-order valence-corrected chi connectivity index (χ3v) is 5.34. The van der Waals surface area contributed by atoms with E-state index < -0.39 is 0 Å². The van der Waals surface area contributed by atoms with E-state index in [1.165, 1.54) is 69.3 Å². The summed E-state index contributed by atoms with van der Waals surface area (Å²) in [5.74, 6) is 2.43. The molecule has 0 atom stereocenters. The largest absolute Gasteiger partial charge is 0.505 e. The third-order valence-electron chi connectivity index (χ3n) is 5.34. The van der Waals surface area contributed by atoms with Gasteiger partial charge in [-0.25, -0.2) is 9.97 Å². The maximum absolute atomic E-state index is 9.28. The molecule has 3 rings (SSSR count). The van der Waals surface area contributed by atoms with Crippen LogP contribution in [0.1, 0.15) is 69.8 Å². The molecule has 1 aliphatic carbocycles. The fourth-order valence-corrected chi connectivity index (χ4v) is 3.84. The van der Waals surface area contributed by atoms with Crippen LogP contribution in [0.3, 0.4) is 0 Å². The van der Waals surface area contributed by atoms with Gasteiger partial charge in [-0.2, -0.15) is 0 Å². The minimum absolute atomic E-state index is 0.103. The van der Waals surface area contributed by atoms with Gasteiger partial charge in [0.15, 0.2) is 11.6 Å². The van der Waals surface area contributed by atoms with Crippen molar-refractivity contribution in [3.8, 4) is 17.1 Å². The van der Waals surface area contributed by atoms with Gasteiger partial charge in [-0.05, 0) is 43.1 Å². The highest BCUT2D eigenvalue weighted by Crippen LogP contribution is 2.38. The summed E-state index contributed by atoms with van der Waals surface area (Å²) in [6.07, 6.45) is 13.9. The highest BCUT2D eigenvalue weighted by atomic mass is 16.3. The van der Waals surface area contributed by atoms with E-state index >= 15 is 0 Å². The second-order valence-corrected chi connectivity index (χ2v) is 7.10. The maximum Gasteiger partial charge on any atom is 0.159 e. The molecule has 1 aliphatic rings. The molecule has 3 heteroatoms. The second-order valence-electron chi connectivity index (χ2n) is 7.10. The standard InChI is InChI=1S/C21H28N2O/c1-2-3-4-5-16-6-8-17(9-7-16)18-10-12-19(13-11-18)21-22-14-20(24)15-23-21/h10-17,24H,2-9H2,1H3/t16-,17-. The van der Waals surface area contributed by atoms with Crippen LogP contribution in [0.15, 0.2) is 36.7 Å². The number of hydrogen-bond acceptors (Lipinski definition) is 3. The van der Waals surface area contributed by atoms with Gasteiger partial charge in [0.05, 0.1) is 12.4 Å². The van der Waals surface area contributed by atoms with Crippen LogP contribution in [0.25, 0.3) is 11.4 Å². The first-order valence-electron chi connectivity index (χ1n) is 9.37. The first-order valence-corrected chi connectivity index (χ1v) is 9.37. The Bertz CT molecular complexity index is 613. The van der Waals surface area contributed by atoms with Crippen molar-refractivity contribution in [2.24, 2.45) is 5.92 Å². The number of nitrogens with zero attached hydrogens (tertiary/aromatic N) is 2. The van der Waals surface area contributed by atoms with Crippen LogP contribution in [0.2, 0.25) is 0 Å². The van der Waals surface area contributed by atoms with Crippen LogP contribution < -0.4 is 0 Å². The zero-order valence-electron chi connectivity index (χ0n) is 14.6. The molecule has 0 radical (unpaired) electrons. The molecule has 1 aromatic carbocycles. The van der Waals surface area contributed by atoms with E-state index in [4.69, 9.17) is 0 Å². The molecule has 24 heavy (non-hydrogen) atoms. The van der Waals surface area contributed by atoms with E-state index in [2.05, 4.69) is 41.2 Å². The summed E-state index contributed by atoms with van der Waals surface area (Å²) in [6, 6.07) is 8.67. The summed E-state index contributed by atoms with van der Waals surface area (Å²) in [5.41, 5.74) is 2.46. The molecule has 0 amide bonds. The zero-order chi connectivity index (χ0) is 16.8. The fraction of sp³-hybridized carbons (Fsp3) is 0.524. The Morgan fingerprint density at radius 1 is 0.958 bits per heavy atom. The molecule has 1 heterocycles. The predicted molar refractivity (Wildman–Crippen MR) is 98.0 cm³/mol. The quantitative estimate of drug-likeness (QED) is 0.693. The van der Waals surface area contributed by atoms with Crippen molar-refractivity contribution in [1.29, 1.82) is 0 Å². The Labute approximate surface area is 145 Å². The molecule has 0 aliphatic heterocycles.